The van der Waals surface area contributed by atoms with Crippen LogP contribution in [-0.4, -0.2) is 12.1 Å². The average molecular weight is 224 g/mol. The summed E-state index contributed by atoms with van der Waals surface area (Å²) in [7, 11) is -0.862. The maximum absolute atomic E-state index is 10.0. The molecule has 0 aromatic heterocycles. The average Bonchev–Trinajstić information content (AvgIpc) is 2.32. The molecule has 1 heterocycles. The molecule has 0 spiro atoms. The molecule has 2 aromatic carbocycles. The summed E-state index contributed by atoms with van der Waals surface area (Å²) < 4.78 is 5.51. The normalized spacial score (nSPS) is 12.8. The van der Waals surface area contributed by atoms with Gasteiger partial charge in [0, 0.05) is 11.0 Å². The Morgan fingerprint density at radius 3 is 2.53 bits per heavy atom. The third-order valence-corrected chi connectivity index (χ3v) is 3.35. The van der Waals surface area contributed by atoms with Gasteiger partial charge in [0.05, 0.1) is 0 Å². The minimum Gasteiger partial charge on any atom is -0.532 e. The highest BCUT2D eigenvalue weighted by Crippen LogP contribution is 2.33. The first kappa shape index (κ1) is 10.4. The number of aryl methyl sites for hydroxylation is 2. The molecule has 17 heavy (non-hydrogen) atoms. The van der Waals surface area contributed by atoms with Crippen LogP contribution in [-0.2, 0) is 0 Å². The maximum atomic E-state index is 10.0. The zero-order valence-electron chi connectivity index (χ0n) is 9.90. The lowest BCUT2D eigenvalue weighted by Crippen LogP contribution is -2.41. The summed E-state index contributed by atoms with van der Waals surface area (Å²) in [5.41, 5.74) is 5.38. The van der Waals surface area contributed by atoms with Gasteiger partial charge in [0.25, 0.3) is 0 Å². The van der Waals surface area contributed by atoms with Crippen LogP contribution in [0, 0.1) is 13.8 Å². The van der Waals surface area contributed by atoms with E-state index in [1.807, 2.05) is 37.3 Å². The van der Waals surface area contributed by atoms with E-state index >= 15 is 0 Å². The van der Waals surface area contributed by atoms with E-state index in [1.54, 1.807) is 0 Å². The fourth-order valence-electron chi connectivity index (χ4n) is 2.25. The van der Waals surface area contributed by atoms with Crippen molar-refractivity contribution in [2.75, 3.05) is 0 Å². The summed E-state index contributed by atoms with van der Waals surface area (Å²) in [6, 6.07) is 11.9. The molecule has 0 aliphatic carbocycles. The molecule has 0 saturated heterocycles. The van der Waals surface area contributed by atoms with Gasteiger partial charge in [-0.1, -0.05) is 30.3 Å². The first-order valence-corrected chi connectivity index (χ1v) is 5.72. The van der Waals surface area contributed by atoms with Gasteiger partial charge in [-0.2, -0.15) is 0 Å². The third-order valence-electron chi connectivity index (χ3n) is 3.35. The molecule has 1 aliphatic heterocycles. The van der Waals surface area contributed by atoms with Crippen molar-refractivity contribution < 1.29 is 9.68 Å². The Kier molecular flexibility index (Phi) is 2.23. The van der Waals surface area contributed by atoms with Gasteiger partial charge in [0.15, 0.2) is 0 Å². The van der Waals surface area contributed by atoms with Crippen molar-refractivity contribution in [3.05, 3.63) is 47.5 Å². The molecule has 0 saturated carbocycles. The van der Waals surface area contributed by atoms with Gasteiger partial charge in [0.2, 0.25) is 0 Å². The Morgan fingerprint density at radius 2 is 1.71 bits per heavy atom. The molecule has 0 atom stereocenters. The van der Waals surface area contributed by atoms with Crippen molar-refractivity contribution in [3.63, 3.8) is 0 Å². The van der Waals surface area contributed by atoms with Crippen molar-refractivity contribution in [1.82, 2.24) is 0 Å². The molecule has 1 aliphatic rings. The van der Waals surface area contributed by atoms with E-state index in [9.17, 15) is 5.02 Å². The van der Waals surface area contributed by atoms with Crippen LogP contribution in [0.4, 0.5) is 0 Å². The van der Waals surface area contributed by atoms with Gasteiger partial charge >= 0.3 is 7.12 Å². The molecule has 1 N–H and O–H groups in total. The van der Waals surface area contributed by atoms with E-state index in [1.165, 1.54) is 11.1 Å². The van der Waals surface area contributed by atoms with E-state index in [0.717, 1.165) is 22.3 Å². The van der Waals surface area contributed by atoms with Crippen molar-refractivity contribution in [2.24, 2.45) is 0 Å². The second kappa shape index (κ2) is 3.64. The Labute approximate surface area is 101 Å². The summed E-state index contributed by atoms with van der Waals surface area (Å²) in [5.74, 6) is 0.746. The number of para-hydroxylation sites is 1. The van der Waals surface area contributed by atoms with Crippen LogP contribution in [0.5, 0.6) is 5.75 Å². The van der Waals surface area contributed by atoms with Crippen LogP contribution in [0.2, 0.25) is 0 Å². The lowest BCUT2D eigenvalue weighted by Gasteiger charge is -2.23. The van der Waals surface area contributed by atoms with Crippen LogP contribution in [0.1, 0.15) is 11.1 Å². The monoisotopic (exact) mass is 224 g/mol. The molecule has 0 radical (unpaired) electrons. The number of rotatable bonds is 0. The van der Waals surface area contributed by atoms with Crippen molar-refractivity contribution in [3.8, 4) is 16.9 Å². The highest BCUT2D eigenvalue weighted by molar-refractivity contribution is 6.63. The second-order valence-corrected chi connectivity index (χ2v) is 4.49. The Bertz CT molecular complexity index is 593. The number of hydrogen-bond acceptors (Lipinski definition) is 2. The number of hydrogen-bond donors (Lipinski definition) is 1. The third kappa shape index (κ3) is 1.55. The van der Waals surface area contributed by atoms with Gasteiger partial charge in [-0.15, -0.1) is 0 Å². The van der Waals surface area contributed by atoms with Gasteiger partial charge in [-0.3, -0.25) is 0 Å². The predicted molar refractivity (Wildman–Crippen MR) is 69.6 cm³/mol. The molecular formula is C14H13BO2. The largest absolute Gasteiger partial charge is 0.560 e. The predicted octanol–water partition coefficient (Wildman–Crippen LogP) is 2.05. The van der Waals surface area contributed by atoms with Crippen LogP contribution < -0.4 is 10.1 Å². The molecule has 0 bridgehead atoms. The molecule has 3 heteroatoms. The lowest BCUT2D eigenvalue weighted by atomic mass is 9.71. The first-order valence-electron chi connectivity index (χ1n) is 5.72. The summed E-state index contributed by atoms with van der Waals surface area (Å²) in [4.78, 5) is 0. The topological polar surface area (TPSA) is 29.5 Å². The molecule has 0 fully saturated rings. The SMILES string of the molecule is Cc1cc2c(cc1C)-c1ccccc1OB2O. The van der Waals surface area contributed by atoms with E-state index in [2.05, 4.69) is 13.0 Å². The van der Waals surface area contributed by atoms with Crippen molar-refractivity contribution in [1.29, 1.82) is 0 Å². The van der Waals surface area contributed by atoms with E-state index in [-0.39, 0.29) is 0 Å². The van der Waals surface area contributed by atoms with E-state index < -0.39 is 7.12 Å². The maximum Gasteiger partial charge on any atom is 0.560 e. The van der Waals surface area contributed by atoms with Gasteiger partial charge in [-0.05, 0) is 36.6 Å². The molecular weight excluding hydrogens is 211 g/mol. The second-order valence-electron chi connectivity index (χ2n) is 4.49. The highest BCUT2D eigenvalue weighted by Gasteiger charge is 2.30. The number of fused-ring (bicyclic) bond motifs is 3. The fraction of sp³-hybridized carbons (Fsp3) is 0.143. The van der Waals surface area contributed by atoms with Crippen LogP contribution >= 0.6 is 0 Å². The molecule has 2 aromatic rings. The van der Waals surface area contributed by atoms with E-state index in [4.69, 9.17) is 4.65 Å². The Morgan fingerprint density at radius 1 is 1.00 bits per heavy atom. The molecule has 0 unspecified atom stereocenters. The van der Waals surface area contributed by atoms with E-state index in [0.29, 0.717) is 0 Å². The van der Waals surface area contributed by atoms with Crippen molar-refractivity contribution >= 4 is 12.6 Å². The minimum absolute atomic E-state index is 0.746. The number of benzene rings is 2. The summed E-state index contributed by atoms with van der Waals surface area (Å²) in [5, 5.41) is 10.0. The molecule has 2 nitrogen and oxygen atoms in total. The fourth-order valence-corrected chi connectivity index (χ4v) is 2.25. The summed E-state index contributed by atoms with van der Waals surface area (Å²) >= 11 is 0. The zero-order valence-corrected chi connectivity index (χ0v) is 9.90. The minimum atomic E-state index is -0.862. The Balaban J connectivity index is 2.31. The zero-order chi connectivity index (χ0) is 12.0. The van der Waals surface area contributed by atoms with Gasteiger partial charge in [0.1, 0.15) is 5.75 Å². The van der Waals surface area contributed by atoms with Gasteiger partial charge < -0.3 is 9.68 Å². The summed E-state index contributed by atoms with van der Waals surface area (Å²) in [6.45, 7) is 4.13. The highest BCUT2D eigenvalue weighted by atomic mass is 16.5. The quantitative estimate of drug-likeness (QED) is 0.694. The van der Waals surface area contributed by atoms with Crippen LogP contribution in [0.15, 0.2) is 36.4 Å². The van der Waals surface area contributed by atoms with Gasteiger partial charge in [-0.25, -0.2) is 0 Å². The van der Waals surface area contributed by atoms with Crippen molar-refractivity contribution in [2.45, 2.75) is 13.8 Å². The lowest BCUT2D eigenvalue weighted by molar-refractivity contribution is 0.431. The smallest absolute Gasteiger partial charge is 0.532 e. The Hall–Kier alpha value is -1.74. The first-order chi connectivity index (χ1) is 8.16. The molecule has 0 amide bonds. The van der Waals surface area contributed by atoms with Crippen LogP contribution in [0.3, 0.4) is 0 Å². The molecule has 84 valence electrons. The molecule has 3 rings (SSSR count). The standard InChI is InChI=1S/C14H13BO2/c1-9-7-12-11-5-3-4-6-14(11)17-15(16)13(12)8-10(9)2/h3-8,16H,1-2H3. The van der Waals surface area contributed by atoms with Crippen LogP contribution in [0.25, 0.3) is 11.1 Å². The summed E-state index contributed by atoms with van der Waals surface area (Å²) in [6.07, 6.45) is 0.